The molecule has 3 aliphatic rings. The van der Waals surface area contributed by atoms with Gasteiger partial charge in [-0.15, -0.1) is 0 Å². The molecule has 0 fully saturated rings. The predicted molar refractivity (Wildman–Crippen MR) is 284 cm³/mol. The third kappa shape index (κ3) is 5.75. The zero-order valence-electron chi connectivity index (χ0n) is 39.0. The lowest BCUT2D eigenvalue weighted by Gasteiger charge is -2.36. The van der Waals surface area contributed by atoms with Crippen molar-refractivity contribution in [3.8, 4) is 55.6 Å². The number of fused-ring (bicyclic) bond motifs is 9. The highest BCUT2D eigenvalue weighted by Crippen LogP contribution is 2.60. The van der Waals surface area contributed by atoms with Crippen LogP contribution in [0.1, 0.15) is 72.2 Å². The Morgan fingerprint density at radius 2 is 0.691 bits per heavy atom. The topological polar surface area (TPSA) is 3.24 Å². The van der Waals surface area contributed by atoms with E-state index in [1.54, 1.807) is 0 Å². The molecule has 324 valence electrons. The number of anilines is 3. The van der Waals surface area contributed by atoms with Gasteiger partial charge in [-0.1, -0.05) is 222 Å². The van der Waals surface area contributed by atoms with E-state index >= 15 is 0 Å². The fourth-order valence-corrected chi connectivity index (χ4v) is 12.5. The van der Waals surface area contributed by atoms with E-state index < -0.39 is 5.41 Å². The predicted octanol–water partition coefficient (Wildman–Crippen LogP) is 17.5. The number of hydrogen-bond donors (Lipinski definition) is 0. The molecule has 68 heavy (non-hydrogen) atoms. The van der Waals surface area contributed by atoms with Crippen molar-refractivity contribution in [1.29, 1.82) is 0 Å². The Bertz CT molecular complexity index is 3470. The monoisotopic (exact) mass is 869 g/mol. The standard InChI is InChI=1S/C67H51N/c1-65(2)58-32-17-14-29-51(58)54-37-35-49(40-61(54)65)68(50-36-38-55-52-30-15-18-33-59(52)66(3,4)62(55)41-50)64-43-63-57(42-56(64)46-24-20-23-45(39-46)44-21-8-5-9-22-44)53-31-16-19-34-60(53)67(63,47-25-10-6-11-26-47)48-27-12-7-13-28-48/h5-43H,1-4H3. The number of hydrogen-bond acceptors (Lipinski definition) is 1. The summed E-state index contributed by atoms with van der Waals surface area (Å²) >= 11 is 0. The van der Waals surface area contributed by atoms with Crippen molar-refractivity contribution >= 4 is 17.1 Å². The maximum absolute atomic E-state index is 2.59. The summed E-state index contributed by atoms with van der Waals surface area (Å²) in [6.45, 7) is 9.56. The molecular formula is C67H51N. The van der Waals surface area contributed by atoms with E-state index in [-0.39, 0.29) is 10.8 Å². The molecule has 0 saturated heterocycles. The van der Waals surface area contributed by atoms with Crippen LogP contribution in [0.25, 0.3) is 55.6 Å². The second kappa shape index (κ2) is 15.0. The summed E-state index contributed by atoms with van der Waals surface area (Å²) in [6, 6.07) is 89.1. The summed E-state index contributed by atoms with van der Waals surface area (Å²) in [6.07, 6.45) is 0. The van der Waals surface area contributed by atoms with Gasteiger partial charge < -0.3 is 4.90 Å². The first-order valence-electron chi connectivity index (χ1n) is 24.1. The molecule has 0 heterocycles. The van der Waals surface area contributed by atoms with Crippen molar-refractivity contribution in [3.63, 3.8) is 0 Å². The maximum atomic E-state index is 2.59. The van der Waals surface area contributed by atoms with E-state index in [2.05, 4.69) is 269 Å². The lowest BCUT2D eigenvalue weighted by atomic mass is 9.67. The van der Waals surface area contributed by atoms with Crippen molar-refractivity contribution in [2.45, 2.75) is 43.9 Å². The SMILES string of the molecule is CC1(C)c2ccccc2-c2ccc(N(c3ccc4c(c3)C(C)(C)c3ccccc3-4)c3cc4c(cc3-c3cccc(-c5ccccc5)c3)-c3ccccc3C4(c3ccccc3)c3ccccc3)cc21. The molecule has 3 aliphatic carbocycles. The summed E-state index contributed by atoms with van der Waals surface area (Å²) < 4.78 is 0. The minimum absolute atomic E-state index is 0.183. The van der Waals surface area contributed by atoms with Crippen LogP contribution in [0, 0.1) is 0 Å². The van der Waals surface area contributed by atoms with Crippen molar-refractivity contribution in [2.75, 3.05) is 4.90 Å². The molecule has 0 N–H and O–H groups in total. The van der Waals surface area contributed by atoms with E-state index in [0.717, 1.165) is 17.1 Å². The molecule has 0 radical (unpaired) electrons. The molecule has 1 nitrogen and oxygen atoms in total. The van der Waals surface area contributed by atoms with Crippen LogP contribution < -0.4 is 4.90 Å². The van der Waals surface area contributed by atoms with Crippen molar-refractivity contribution < 1.29 is 0 Å². The zero-order valence-corrected chi connectivity index (χ0v) is 39.0. The van der Waals surface area contributed by atoms with Crippen LogP contribution in [0.3, 0.4) is 0 Å². The minimum Gasteiger partial charge on any atom is -0.310 e. The molecule has 0 bridgehead atoms. The first kappa shape index (κ1) is 40.3. The Morgan fingerprint density at radius 1 is 0.265 bits per heavy atom. The van der Waals surface area contributed by atoms with Crippen molar-refractivity contribution in [3.05, 3.63) is 281 Å². The lowest BCUT2D eigenvalue weighted by Crippen LogP contribution is -2.29. The van der Waals surface area contributed by atoms with Gasteiger partial charge >= 0.3 is 0 Å². The molecule has 10 aromatic carbocycles. The Hall–Kier alpha value is -8.00. The largest absolute Gasteiger partial charge is 0.310 e. The molecular weight excluding hydrogens is 819 g/mol. The third-order valence-electron chi connectivity index (χ3n) is 15.7. The van der Waals surface area contributed by atoms with Gasteiger partial charge in [-0.2, -0.15) is 0 Å². The van der Waals surface area contributed by atoms with Gasteiger partial charge in [-0.3, -0.25) is 0 Å². The average Bonchev–Trinajstić information content (AvgIpc) is 3.91. The number of rotatable bonds is 7. The molecule has 0 spiro atoms. The van der Waals surface area contributed by atoms with Gasteiger partial charge in [0.2, 0.25) is 0 Å². The first-order chi connectivity index (χ1) is 33.2. The Balaban J connectivity index is 1.15. The Morgan fingerprint density at radius 3 is 1.24 bits per heavy atom. The van der Waals surface area contributed by atoms with E-state index in [1.807, 2.05) is 0 Å². The summed E-state index contributed by atoms with van der Waals surface area (Å²) in [7, 11) is 0. The van der Waals surface area contributed by atoms with Crippen molar-refractivity contribution in [1.82, 2.24) is 0 Å². The normalized spacial score (nSPS) is 14.8. The van der Waals surface area contributed by atoms with E-state index in [9.17, 15) is 0 Å². The van der Waals surface area contributed by atoms with Crippen LogP contribution in [0.15, 0.2) is 237 Å². The average molecular weight is 870 g/mol. The molecule has 1 heteroatoms. The fraction of sp³-hybridized carbons (Fsp3) is 0.104. The van der Waals surface area contributed by atoms with E-state index in [4.69, 9.17) is 0 Å². The smallest absolute Gasteiger partial charge is 0.0714 e. The quantitative estimate of drug-likeness (QED) is 0.154. The van der Waals surface area contributed by atoms with Gasteiger partial charge in [0.15, 0.2) is 0 Å². The highest BCUT2D eigenvalue weighted by atomic mass is 15.1. The van der Waals surface area contributed by atoms with Crippen LogP contribution in [0.4, 0.5) is 17.1 Å². The molecule has 0 unspecified atom stereocenters. The first-order valence-corrected chi connectivity index (χ1v) is 24.1. The van der Waals surface area contributed by atoms with E-state index in [0.29, 0.717) is 0 Å². The Kier molecular flexibility index (Phi) is 8.89. The van der Waals surface area contributed by atoms with Gasteiger partial charge in [0.1, 0.15) is 0 Å². The molecule has 0 amide bonds. The molecule has 0 atom stereocenters. The van der Waals surface area contributed by atoms with Gasteiger partial charge in [0.25, 0.3) is 0 Å². The highest BCUT2D eigenvalue weighted by Gasteiger charge is 2.47. The van der Waals surface area contributed by atoms with Gasteiger partial charge in [-0.25, -0.2) is 0 Å². The molecule has 0 saturated carbocycles. The Labute approximate surface area is 400 Å². The number of benzene rings is 10. The summed E-state index contributed by atoms with van der Waals surface area (Å²) in [5.74, 6) is 0. The van der Waals surface area contributed by atoms with Crippen LogP contribution >= 0.6 is 0 Å². The van der Waals surface area contributed by atoms with Gasteiger partial charge in [-0.05, 0) is 137 Å². The number of nitrogens with zero attached hydrogens (tertiary/aromatic N) is 1. The summed E-state index contributed by atoms with van der Waals surface area (Å²) in [4.78, 5) is 2.59. The van der Waals surface area contributed by atoms with Crippen molar-refractivity contribution in [2.24, 2.45) is 0 Å². The van der Waals surface area contributed by atoms with E-state index in [1.165, 1.54) is 100 Å². The van der Waals surface area contributed by atoms with Gasteiger partial charge in [0.05, 0.1) is 11.1 Å². The molecule has 0 aliphatic heterocycles. The molecule has 10 aromatic rings. The lowest BCUT2D eigenvalue weighted by molar-refractivity contribution is 0.660. The minimum atomic E-state index is -0.581. The molecule has 0 aromatic heterocycles. The third-order valence-corrected chi connectivity index (χ3v) is 15.7. The van der Waals surface area contributed by atoms with Crippen LogP contribution in [0.5, 0.6) is 0 Å². The maximum Gasteiger partial charge on any atom is 0.0714 e. The zero-order chi connectivity index (χ0) is 45.8. The summed E-state index contributed by atoms with van der Waals surface area (Å²) in [5, 5.41) is 0. The molecule has 13 rings (SSSR count). The van der Waals surface area contributed by atoms with Crippen LogP contribution in [-0.2, 0) is 16.2 Å². The van der Waals surface area contributed by atoms with Crippen LogP contribution in [-0.4, -0.2) is 0 Å². The second-order valence-corrected chi connectivity index (χ2v) is 20.0. The highest BCUT2D eigenvalue weighted by molar-refractivity contribution is 5.98. The second-order valence-electron chi connectivity index (χ2n) is 20.0. The fourth-order valence-electron chi connectivity index (χ4n) is 12.5. The van der Waals surface area contributed by atoms with Crippen LogP contribution in [0.2, 0.25) is 0 Å². The summed E-state index contributed by atoms with van der Waals surface area (Å²) in [5.41, 5.74) is 25.5. The van der Waals surface area contributed by atoms with Gasteiger partial charge in [0, 0.05) is 27.8 Å².